The fraction of sp³-hybridized carbons (Fsp3) is 0.0625. The number of aromatic nitrogens is 2. The highest BCUT2D eigenvalue weighted by atomic mass is 16.5. The normalized spacial score (nSPS) is 11.0. The van der Waals surface area contributed by atoms with Crippen LogP contribution in [0, 0.1) is 0 Å². The zero-order chi connectivity index (χ0) is 16.2. The molecule has 0 radical (unpaired) electrons. The number of H-pyrrole nitrogens is 1. The molecule has 0 aliphatic carbocycles. The molecule has 1 aromatic carbocycles. The number of methoxy groups -OCH3 is 1. The number of rotatable bonds is 4. The number of nitrogens with zero attached hydrogens (tertiary/aromatic N) is 1. The summed E-state index contributed by atoms with van der Waals surface area (Å²) >= 11 is 0. The van der Waals surface area contributed by atoms with Crippen LogP contribution in [-0.4, -0.2) is 29.2 Å². The van der Waals surface area contributed by atoms with E-state index in [0.29, 0.717) is 22.4 Å². The highest BCUT2D eigenvalue weighted by Gasteiger charge is 2.14. The number of ether oxygens (including phenoxy) is 1. The number of nitrogens with one attached hydrogen (secondary N) is 2. The number of fused-ring (bicyclic) bond motifs is 1. The fourth-order valence-corrected chi connectivity index (χ4v) is 2.07. The molecule has 0 aliphatic heterocycles. The maximum absolute atomic E-state index is 11.9. The molecule has 2 N–H and O–H groups in total. The fourth-order valence-electron chi connectivity index (χ4n) is 2.07. The first-order valence-corrected chi connectivity index (χ1v) is 6.76. The van der Waals surface area contributed by atoms with Gasteiger partial charge in [-0.25, -0.2) is 4.79 Å². The van der Waals surface area contributed by atoms with Crippen molar-refractivity contribution in [3.05, 3.63) is 54.1 Å². The predicted molar refractivity (Wildman–Crippen MR) is 83.8 cm³/mol. The lowest BCUT2D eigenvalue weighted by Gasteiger charge is -2.02. The second kappa shape index (κ2) is 6.18. The molecule has 2 aromatic heterocycles. The van der Waals surface area contributed by atoms with Crippen LogP contribution in [0.4, 0.5) is 5.69 Å². The van der Waals surface area contributed by atoms with E-state index in [9.17, 15) is 9.59 Å². The molecule has 1 amide bonds. The number of hydrogen-bond acceptors (Lipinski definition) is 5. The summed E-state index contributed by atoms with van der Waals surface area (Å²) in [5.74, 6) is -0.278. The molecule has 0 aliphatic rings. The molecule has 0 unspecified atom stereocenters. The van der Waals surface area contributed by atoms with Crippen LogP contribution >= 0.6 is 0 Å². The Hall–Kier alpha value is -3.35. The highest BCUT2D eigenvalue weighted by Crippen LogP contribution is 2.21. The van der Waals surface area contributed by atoms with Gasteiger partial charge in [-0.2, -0.15) is 5.10 Å². The number of carbonyl (C=O) groups excluding carboxylic acids is 2. The van der Waals surface area contributed by atoms with E-state index in [0.717, 1.165) is 0 Å². The van der Waals surface area contributed by atoms with Crippen LogP contribution in [0.2, 0.25) is 0 Å². The van der Waals surface area contributed by atoms with Gasteiger partial charge in [0.05, 0.1) is 18.9 Å². The van der Waals surface area contributed by atoms with Gasteiger partial charge in [0.1, 0.15) is 5.76 Å². The van der Waals surface area contributed by atoms with Gasteiger partial charge in [-0.15, -0.1) is 0 Å². The summed E-state index contributed by atoms with van der Waals surface area (Å²) < 4.78 is 9.78. The first-order chi connectivity index (χ1) is 11.2. The summed E-state index contributed by atoms with van der Waals surface area (Å²) in [6.07, 6.45) is 4.45. The maximum atomic E-state index is 11.9. The van der Waals surface area contributed by atoms with Crippen molar-refractivity contribution in [1.82, 2.24) is 10.2 Å². The minimum absolute atomic E-state index is 0.171. The lowest BCUT2D eigenvalue weighted by Crippen LogP contribution is -2.07. The first kappa shape index (κ1) is 14.6. The van der Waals surface area contributed by atoms with E-state index in [4.69, 9.17) is 4.42 Å². The Morgan fingerprint density at radius 2 is 2.22 bits per heavy atom. The summed E-state index contributed by atoms with van der Waals surface area (Å²) in [6, 6.07) is 8.56. The van der Waals surface area contributed by atoms with E-state index in [-0.39, 0.29) is 11.6 Å². The number of furan rings is 1. The van der Waals surface area contributed by atoms with E-state index in [1.807, 2.05) is 0 Å². The number of amides is 1. The van der Waals surface area contributed by atoms with Gasteiger partial charge in [-0.1, -0.05) is 0 Å². The van der Waals surface area contributed by atoms with E-state index >= 15 is 0 Å². The van der Waals surface area contributed by atoms with Gasteiger partial charge < -0.3 is 14.5 Å². The largest absolute Gasteiger partial charge is 0.465 e. The van der Waals surface area contributed by atoms with Gasteiger partial charge in [0.2, 0.25) is 5.91 Å². The number of esters is 1. The predicted octanol–water partition coefficient (Wildman–Crippen LogP) is 2.59. The molecule has 0 atom stereocenters. The van der Waals surface area contributed by atoms with E-state index < -0.39 is 5.97 Å². The van der Waals surface area contributed by atoms with Gasteiger partial charge in [-0.05, 0) is 36.4 Å². The summed E-state index contributed by atoms with van der Waals surface area (Å²) in [5.41, 5.74) is 1.39. The summed E-state index contributed by atoms with van der Waals surface area (Å²) in [5, 5.41) is 9.94. The number of benzene rings is 1. The molecular weight excluding hydrogens is 298 g/mol. The molecule has 0 saturated carbocycles. The second-order valence-electron chi connectivity index (χ2n) is 4.66. The minimum atomic E-state index is -0.544. The third kappa shape index (κ3) is 3.13. The lowest BCUT2D eigenvalue weighted by atomic mass is 10.2. The zero-order valence-electron chi connectivity index (χ0n) is 12.2. The van der Waals surface area contributed by atoms with E-state index in [2.05, 4.69) is 20.3 Å². The van der Waals surface area contributed by atoms with Gasteiger partial charge in [0, 0.05) is 17.1 Å². The topological polar surface area (TPSA) is 97.2 Å². The Morgan fingerprint density at radius 1 is 1.35 bits per heavy atom. The quantitative estimate of drug-likeness (QED) is 0.570. The van der Waals surface area contributed by atoms with Crippen LogP contribution < -0.4 is 5.32 Å². The molecule has 7 nitrogen and oxygen atoms in total. The molecule has 0 fully saturated rings. The molecule has 2 heterocycles. The number of aromatic amines is 1. The second-order valence-corrected chi connectivity index (χ2v) is 4.66. The van der Waals surface area contributed by atoms with Crippen molar-refractivity contribution in [2.75, 3.05) is 12.4 Å². The molecule has 23 heavy (non-hydrogen) atoms. The molecule has 0 saturated heterocycles. The van der Waals surface area contributed by atoms with Gasteiger partial charge >= 0.3 is 5.97 Å². The Bertz CT molecular complexity index is 878. The van der Waals surface area contributed by atoms with E-state index in [1.54, 1.807) is 36.4 Å². The summed E-state index contributed by atoms with van der Waals surface area (Å²) in [4.78, 5) is 23.5. The van der Waals surface area contributed by atoms with Crippen molar-refractivity contribution in [2.24, 2.45) is 0 Å². The Kier molecular flexibility index (Phi) is 3.92. The Morgan fingerprint density at radius 3 is 2.96 bits per heavy atom. The third-order valence-corrected chi connectivity index (χ3v) is 3.15. The van der Waals surface area contributed by atoms with E-state index in [1.165, 1.54) is 19.4 Å². The molecule has 116 valence electrons. The van der Waals surface area contributed by atoms with Crippen molar-refractivity contribution < 1.29 is 18.7 Å². The zero-order valence-corrected chi connectivity index (χ0v) is 12.2. The molecular formula is C16H13N3O4. The van der Waals surface area contributed by atoms with Gasteiger partial charge in [0.15, 0.2) is 5.69 Å². The molecule has 0 spiro atoms. The molecule has 0 bridgehead atoms. The van der Waals surface area contributed by atoms with Crippen LogP contribution in [0.5, 0.6) is 0 Å². The third-order valence-electron chi connectivity index (χ3n) is 3.15. The molecule has 7 heteroatoms. The van der Waals surface area contributed by atoms with Crippen molar-refractivity contribution in [1.29, 1.82) is 0 Å². The van der Waals surface area contributed by atoms with Crippen molar-refractivity contribution in [3.8, 4) is 0 Å². The van der Waals surface area contributed by atoms with Crippen molar-refractivity contribution >= 4 is 34.5 Å². The van der Waals surface area contributed by atoms with Crippen LogP contribution in [-0.2, 0) is 9.53 Å². The van der Waals surface area contributed by atoms with Gasteiger partial charge in [0.25, 0.3) is 0 Å². The highest BCUT2D eigenvalue weighted by molar-refractivity contribution is 6.06. The monoisotopic (exact) mass is 311 g/mol. The average Bonchev–Trinajstić information content (AvgIpc) is 3.21. The SMILES string of the molecule is COC(=O)c1n[nH]c2ccc(NC(=O)/C=C/c3ccco3)cc12. The average molecular weight is 311 g/mol. The maximum Gasteiger partial charge on any atom is 0.359 e. The van der Waals surface area contributed by atoms with Crippen LogP contribution in [0.15, 0.2) is 47.1 Å². The Balaban J connectivity index is 1.80. The van der Waals surface area contributed by atoms with Gasteiger partial charge in [-0.3, -0.25) is 9.89 Å². The first-order valence-electron chi connectivity index (χ1n) is 6.76. The number of hydrogen-bond donors (Lipinski definition) is 2. The van der Waals surface area contributed by atoms with Crippen molar-refractivity contribution in [2.45, 2.75) is 0 Å². The Labute approximate surface area is 130 Å². The summed E-state index contributed by atoms with van der Waals surface area (Å²) in [6.45, 7) is 0. The summed E-state index contributed by atoms with van der Waals surface area (Å²) in [7, 11) is 1.29. The number of carbonyl (C=O) groups is 2. The molecule has 3 aromatic rings. The lowest BCUT2D eigenvalue weighted by molar-refractivity contribution is -0.111. The van der Waals surface area contributed by atoms with Crippen LogP contribution in [0.3, 0.4) is 0 Å². The minimum Gasteiger partial charge on any atom is -0.465 e. The van der Waals surface area contributed by atoms with Crippen LogP contribution in [0.1, 0.15) is 16.2 Å². The van der Waals surface area contributed by atoms with Crippen LogP contribution in [0.25, 0.3) is 17.0 Å². The number of anilines is 1. The smallest absolute Gasteiger partial charge is 0.359 e. The van der Waals surface area contributed by atoms with Crippen molar-refractivity contribution in [3.63, 3.8) is 0 Å². The molecule has 3 rings (SSSR count). The standard InChI is InChI=1S/C16H13N3O4/c1-22-16(21)15-12-9-10(4-6-13(12)18-19-15)17-14(20)7-5-11-3-2-8-23-11/h2-9H,1H3,(H,17,20)(H,18,19)/b7-5+.